The summed E-state index contributed by atoms with van der Waals surface area (Å²) in [5.41, 5.74) is 1.48. The highest BCUT2D eigenvalue weighted by Crippen LogP contribution is 2.65. The Labute approximate surface area is 154 Å². The highest BCUT2D eigenvalue weighted by atomic mass is 16.1. The molecule has 0 bridgehead atoms. The Hall–Kier alpha value is -0.920. The standard InChI is InChI=1S/C21H32O2.C2H6/c1-14(2)16-7-8-17-15-6-9-19(23)21(4,11-5-13-22)18(15)10-12-20(16,17)3;1-2/h13,15-18H,1,5-12H2,2-4H3;1-2H3. The van der Waals surface area contributed by atoms with Gasteiger partial charge in [-0.3, -0.25) is 4.79 Å². The van der Waals surface area contributed by atoms with Crippen LogP contribution in [0.15, 0.2) is 12.2 Å². The molecule has 3 aliphatic rings. The molecule has 3 fully saturated rings. The van der Waals surface area contributed by atoms with Gasteiger partial charge in [0.1, 0.15) is 12.1 Å². The van der Waals surface area contributed by atoms with E-state index in [-0.39, 0.29) is 5.41 Å². The Morgan fingerprint density at radius 2 is 1.84 bits per heavy atom. The average Bonchev–Trinajstić information content (AvgIpc) is 2.96. The third kappa shape index (κ3) is 3.26. The Morgan fingerprint density at radius 3 is 2.44 bits per heavy atom. The first-order valence-electron chi connectivity index (χ1n) is 10.5. The zero-order valence-corrected chi connectivity index (χ0v) is 17.1. The van der Waals surface area contributed by atoms with Crippen LogP contribution in [0.5, 0.6) is 0 Å². The molecule has 0 heterocycles. The summed E-state index contributed by atoms with van der Waals surface area (Å²) >= 11 is 0. The summed E-state index contributed by atoms with van der Waals surface area (Å²) < 4.78 is 0. The molecule has 6 atom stereocenters. The molecule has 6 unspecified atom stereocenters. The Morgan fingerprint density at radius 1 is 1.16 bits per heavy atom. The minimum atomic E-state index is -0.257. The molecule has 0 amide bonds. The maximum atomic E-state index is 12.7. The molecule has 3 rings (SSSR count). The van der Waals surface area contributed by atoms with Gasteiger partial charge in [-0.05, 0) is 74.5 Å². The van der Waals surface area contributed by atoms with Crippen molar-refractivity contribution >= 4 is 12.1 Å². The summed E-state index contributed by atoms with van der Waals surface area (Å²) in [4.78, 5) is 23.6. The molecule has 0 aromatic rings. The molecule has 142 valence electrons. The SMILES string of the molecule is C=C(C)C1CCC2C3CCC(=O)C(C)(CCC=O)C3CCC12C.CC. The van der Waals surface area contributed by atoms with Gasteiger partial charge in [0, 0.05) is 18.3 Å². The van der Waals surface area contributed by atoms with Crippen LogP contribution in [-0.2, 0) is 9.59 Å². The van der Waals surface area contributed by atoms with Crippen LogP contribution < -0.4 is 0 Å². The Bertz CT molecular complexity index is 522. The van der Waals surface area contributed by atoms with Crippen molar-refractivity contribution < 1.29 is 9.59 Å². The molecule has 0 saturated heterocycles. The number of hydrogen-bond acceptors (Lipinski definition) is 2. The lowest BCUT2D eigenvalue weighted by Crippen LogP contribution is -2.52. The summed E-state index contributed by atoms with van der Waals surface area (Å²) in [5, 5.41) is 0. The Balaban J connectivity index is 0.00000109. The van der Waals surface area contributed by atoms with E-state index < -0.39 is 0 Å². The van der Waals surface area contributed by atoms with Crippen molar-refractivity contribution in [3.05, 3.63) is 12.2 Å². The smallest absolute Gasteiger partial charge is 0.139 e. The highest BCUT2D eigenvalue weighted by Gasteiger charge is 2.59. The van der Waals surface area contributed by atoms with E-state index in [9.17, 15) is 9.59 Å². The van der Waals surface area contributed by atoms with Crippen molar-refractivity contribution in [3.8, 4) is 0 Å². The fourth-order valence-corrected chi connectivity index (χ4v) is 6.76. The van der Waals surface area contributed by atoms with Gasteiger partial charge < -0.3 is 4.79 Å². The molecule has 2 nitrogen and oxygen atoms in total. The minimum absolute atomic E-state index is 0.257. The summed E-state index contributed by atoms with van der Waals surface area (Å²) in [6, 6.07) is 0. The fourth-order valence-electron chi connectivity index (χ4n) is 6.76. The second kappa shape index (κ2) is 7.76. The first-order valence-corrected chi connectivity index (χ1v) is 10.5. The van der Waals surface area contributed by atoms with Crippen molar-refractivity contribution in [2.45, 2.75) is 86.0 Å². The molecule has 0 radical (unpaired) electrons. The number of allylic oxidation sites excluding steroid dienone is 1. The van der Waals surface area contributed by atoms with Gasteiger partial charge in [0.05, 0.1) is 0 Å². The van der Waals surface area contributed by atoms with Crippen molar-refractivity contribution in [2.24, 2.45) is 34.5 Å². The lowest BCUT2D eigenvalue weighted by atomic mass is 9.48. The van der Waals surface area contributed by atoms with Crippen LogP contribution in [0.25, 0.3) is 0 Å². The highest BCUT2D eigenvalue weighted by molar-refractivity contribution is 5.86. The van der Waals surface area contributed by atoms with Crippen LogP contribution in [0.2, 0.25) is 0 Å². The second-order valence-corrected chi connectivity index (χ2v) is 8.98. The second-order valence-electron chi connectivity index (χ2n) is 8.98. The molecule has 3 aliphatic carbocycles. The van der Waals surface area contributed by atoms with Gasteiger partial charge in [0.25, 0.3) is 0 Å². The minimum Gasteiger partial charge on any atom is -0.303 e. The van der Waals surface area contributed by atoms with E-state index >= 15 is 0 Å². The van der Waals surface area contributed by atoms with Gasteiger partial charge in [-0.25, -0.2) is 0 Å². The number of Topliss-reactive ketones (excluding diaryl/α,β-unsaturated/α-hetero) is 1. The molecule has 3 saturated carbocycles. The predicted molar refractivity (Wildman–Crippen MR) is 104 cm³/mol. The molecular formula is C23H38O2. The third-order valence-electron chi connectivity index (χ3n) is 7.97. The summed E-state index contributed by atoms with van der Waals surface area (Å²) in [5.74, 6) is 2.98. The zero-order valence-electron chi connectivity index (χ0n) is 17.1. The summed E-state index contributed by atoms with van der Waals surface area (Å²) in [6.07, 6.45) is 9.02. The van der Waals surface area contributed by atoms with Gasteiger partial charge in [0.2, 0.25) is 0 Å². The molecule has 0 N–H and O–H groups in total. The van der Waals surface area contributed by atoms with Crippen molar-refractivity contribution in [1.29, 1.82) is 0 Å². The lowest BCUT2D eigenvalue weighted by Gasteiger charge is -2.56. The fraction of sp³-hybridized carbons (Fsp3) is 0.826. The zero-order chi connectivity index (χ0) is 18.8. The molecule has 2 heteroatoms. The molecule has 0 aromatic carbocycles. The normalized spacial score (nSPS) is 42.7. The Kier molecular flexibility index (Phi) is 6.33. The van der Waals surface area contributed by atoms with E-state index in [1.807, 2.05) is 13.8 Å². The van der Waals surface area contributed by atoms with Crippen LogP contribution in [-0.4, -0.2) is 12.1 Å². The number of ketones is 1. The van der Waals surface area contributed by atoms with E-state index in [1.54, 1.807) is 0 Å². The maximum absolute atomic E-state index is 12.7. The quantitative estimate of drug-likeness (QED) is 0.462. The molecule has 0 aromatic heterocycles. The molecular weight excluding hydrogens is 308 g/mol. The number of carbonyl (C=O) groups is 2. The van der Waals surface area contributed by atoms with Crippen LogP contribution >= 0.6 is 0 Å². The van der Waals surface area contributed by atoms with Gasteiger partial charge in [-0.15, -0.1) is 0 Å². The third-order valence-corrected chi connectivity index (χ3v) is 7.97. The van der Waals surface area contributed by atoms with Crippen LogP contribution in [0.3, 0.4) is 0 Å². The summed E-state index contributed by atoms with van der Waals surface area (Å²) in [6.45, 7) is 15.1. The molecule has 25 heavy (non-hydrogen) atoms. The van der Waals surface area contributed by atoms with E-state index in [0.717, 1.165) is 37.9 Å². The number of carbonyl (C=O) groups excluding carboxylic acids is 2. The van der Waals surface area contributed by atoms with Gasteiger partial charge in [-0.1, -0.05) is 39.8 Å². The van der Waals surface area contributed by atoms with E-state index in [2.05, 4.69) is 27.4 Å². The summed E-state index contributed by atoms with van der Waals surface area (Å²) in [7, 11) is 0. The lowest BCUT2D eigenvalue weighted by molar-refractivity contribution is -0.145. The van der Waals surface area contributed by atoms with Crippen molar-refractivity contribution in [1.82, 2.24) is 0 Å². The molecule has 0 aliphatic heterocycles. The monoisotopic (exact) mass is 346 g/mol. The number of aldehydes is 1. The number of fused-ring (bicyclic) bond motifs is 3. The van der Waals surface area contributed by atoms with Crippen LogP contribution in [0, 0.1) is 34.5 Å². The number of rotatable bonds is 4. The van der Waals surface area contributed by atoms with E-state index in [1.165, 1.54) is 24.8 Å². The van der Waals surface area contributed by atoms with Gasteiger partial charge in [0.15, 0.2) is 0 Å². The number of hydrogen-bond donors (Lipinski definition) is 0. The molecule has 0 spiro atoms. The first kappa shape index (κ1) is 20.4. The van der Waals surface area contributed by atoms with Gasteiger partial charge >= 0.3 is 0 Å². The van der Waals surface area contributed by atoms with Gasteiger partial charge in [-0.2, -0.15) is 0 Å². The topological polar surface area (TPSA) is 34.1 Å². The first-order chi connectivity index (χ1) is 11.8. The average molecular weight is 347 g/mol. The largest absolute Gasteiger partial charge is 0.303 e. The van der Waals surface area contributed by atoms with Crippen LogP contribution in [0.1, 0.15) is 86.0 Å². The van der Waals surface area contributed by atoms with E-state index in [0.29, 0.717) is 35.4 Å². The van der Waals surface area contributed by atoms with Crippen molar-refractivity contribution in [3.63, 3.8) is 0 Å². The van der Waals surface area contributed by atoms with Crippen molar-refractivity contribution in [2.75, 3.05) is 0 Å². The maximum Gasteiger partial charge on any atom is 0.139 e. The van der Waals surface area contributed by atoms with Crippen LogP contribution in [0.4, 0.5) is 0 Å². The van der Waals surface area contributed by atoms with E-state index in [4.69, 9.17) is 0 Å². The predicted octanol–water partition coefficient (Wildman–Crippen LogP) is 6.00.